The van der Waals surface area contributed by atoms with Gasteiger partial charge in [-0.05, 0) is 37.0 Å². The summed E-state index contributed by atoms with van der Waals surface area (Å²) in [6, 6.07) is 6.14. The highest BCUT2D eigenvalue weighted by molar-refractivity contribution is 6.32. The fraction of sp³-hybridized carbons (Fsp3) is 0.588. The fourth-order valence-electron chi connectivity index (χ4n) is 3.21. The third-order valence-electron chi connectivity index (χ3n) is 4.46. The first-order valence-electron chi connectivity index (χ1n) is 8.07. The molecule has 2 aliphatic rings. The van der Waals surface area contributed by atoms with Crippen LogP contribution in [0.4, 0.5) is 0 Å². The van der Waals surface area contributed by atoms with Gasteiger partial charge < -0.3 is 19.9 Å². The molecule has 2 N–H and O–H groups in total. The van der Waals surface area contributed by atoms with Gasteiger partial charge in [0.15, 0.2) is 11.5 Å². The van der Waals surface area contributed by atoms with Crippen LogP contribution in [-0.2, 0) is 0 Å². The number of nitrogens with zero attached hydrogens (tertiary/aromatic N) is 1. The van der Waals surface area contributed by atoms with Gasteiger partial charge in [-0.3, -0.25) is 0 Å². The summed E-state index contributed by atoms with van der Waals surface area (Å²) in [7, 11) is 0. The van der Waals surface area contributed by atoms with Crippen molar-refractivity contribution < 1.29 is 14.6 Å². The maximum Gasteiger partial charge on any atom is 0.179 e. The van der Waals surface area contributed by atoms with Crippen LogP contribution in [0.2, 0.25) is 5.02 Å². The topological polar surface area (TPSA) is 74.5 Å². The van der Waals surface area contributed by atoms with E-state index in [9.17, 15) is 5.11 Å². The number of aliphatic hydroxyl groups is 1. The molecule has 1 saturated carbocycles. The Morgan fingerprint density at radius 2 is 2.17 bits per heavy atom. The van der Waals surface area contributed by atoms with Crippen molar-refractivity contribution in [1.29, 1.82) is 5.26 Å². The van der Waals surface area contributed by atoms with Crippen molar-refractivity contribution in [1.82, 2.24) is 5.32 Å². The molecule has 1 heterocycles. The van der Waals surface area contributed by atoms with E-state index in [-0.39, 0.29) is 12.0 Å². The largest absolute Gasteiger partial charge is 0.486 e. The Morgan fingerprint density at radius 1 is 1.35 bits per heavy atom. The minimum atomic E-state index is -0.675. The Kier molecular flexibility index (Phi) is 5.27. The van der Waals surface area contributed by atoms with Crippen LogP contribution in [-0.4, -0.2) is 30.9 Å². The van der Waals surface area contributed by atoms with Gasteiger partial charge in [-0.1, -0.05) is 18.0 Å². The van der Waals surface area contributed by atoms with Gasteiger partial charge in [-0.25, -0.2) is 0 Å². The lowest BCUT2D eigenvalue weighted by Gasteiger charge is -2.27. The second-order valence-electron chi connectivity index (χ2n) is 6.14. The zero-order valence-corrected chi connectivity index (χ0v) is 13.7. The number of fused-ring (bicyclic) bond motifs is 1. The molecule has 23 heavy (non-hydrogen) atoms. The fourth-order valence-corrected chi connectivity index (χ4v) is 3.49. The number of nitrogens with one attached hydrogen (secondary N) is 1. The zero-order valence-electron chi connectivity index (χ0n) is 12.9. The number of hydrogen-bond donors (Lipinski definition) is 2. The van der Waals surface area contributed by atoms with Crippen molar-refractivity contribution in [3.05, 3.63) is 22.7 Å². The number of benzene rings is 1. The number of rotatable bonds is 4. The van der Waals surface area contributed by atoms with E-state index < -0.39 is 6.10 Å². The number of nitriles is 1. The van der Waals surface area contributed by atoms with Crippen molar-refractivity contribution in [3.8, 4) is 17.6 Å². The maximum absolute atomic E-state index is 10.4. The average molecular weight is 337 g/mol. The average Bonchev–Trinajstić information content (AvgIpc) is 2.60. The maximum atomic E-state index is 10.4. The SMILES string of the molecule is N#C[C@@H]1CCC[C@H](NC[C@H](O)c2cc(Cl)c3c(c2)OCCO3)C1. The highest BCUT2D eigenvalue weighted by Crippen LogP contribution is 2.39. The molecule has 0 spiro atoms. The van der Waals surface area contributed by atoms with Crippen molar-refractivity contribution >= 4 is 11.6 Å². The van der Waals surface area contributed by atoms with Crippen molar-refractivity contribution in [2.24, 2.45) is 5.92 Å². The number of hydrogen-bond acceptors (Lipinski definition) is 5. The van der Waals surface area contributed by atoms with Crippen LogP contribution in [0.1, 0.15) is 37.4 Å². The number of aliphatic hydroxyl groups excluding tert-OH is 1. The van der Waals surface area contributed by atoms with Crippen molar-refractivity contribution in [3.63, 3.8) is 0 Å². The lowest BCUT2D eigenvalue weighted by Crippen LogP contribution is -2.36. The predicted octanol–water partition coefficient (Wildman–Crippen LogP) is 2.82. The van der Waals surface area contributed by atoms with Crippen LogP contribution in [0.15, 0.2) is 12.1 Å². The Labute approximate surface area is 141 Å². The van der Waals surface area contributed by atoms with Crippen molar-refractivity contribution in [2.75, 3.05) is 19.8 Å². The molecule has 0 aromatic heterocycles. The minimum Gasteiger partial charge on any atom is -0.486 e. The number of halogens is 1. The van der Waals surface area contributed by atoms with Gasteiger partial charge in [0.2, 0.25) is 0 Å². The summed E-state index contributed by atoms with van der Waals surface area (Å²) in [5.74, 6) is 1.26. The molecule has 0 radical (unpaired) electrons. The van der Waals surface area contributed by atoms with E-state index in [4.69, 9.17) is 26.3 Å². The lowest BCUT2D eigenvalue weighted by molar-refractivity contribution is 0.157. The van der Waals surface area contributed by atoms with Gasteiger partial charge in [0.05, 0.1) is 17.2 Å². The van der Waals surface area contributed by atoms with Crippen LogP contribution in [0.3, 0.4) is 0 Å². The standard InChI is InChI=1S/C17H21ClN2O3/c18-14-7-12(8-16-17(14)23-5-4-22-16)15(21)10-20-13-3-1-2-11(6-13)9-19/h7-8,11,13,15,20-21H,1-6,10H2/t11-,13+,15+/m1/s1. The van der Waals surface area contributed by atoms with E-state index in [1.54, 1.807) is 12.1 Å². The van der Waals surface area contributed by atoms with E-state index in [0.29, 0.717) is 41.8 Å². The molecule has 5 nitrogen and oxygen atoms in total. The van der Waals surface area contributed by atoms with Crippen LogP contribution in [0.5, 0.6) is 11.5 Å². The van der Waals surface area contributed by atoms with Gasteiger partial charge in [0.25, 0.3) is 0 Å². The highest BCUT2D eigenvalue weighted by Gasteiger charge is 2.23. The molecule has 1 fully saturated rings. The summed E-state index contributed by atoms with van der Waals surface area (Å²) in [6.07, 6.45) is 3.26. The van der Waals surface area contributed by atoms with E-state index in [0.717, 1.165) is 25.7 Å². The summed E-state index contributed by atoms with van der Waals surface area (Å²) < 4.78 is 11.0. The van der Waals surface area contributed by atoms with Gasteiger partial charge in [0.1, 0.15) is 13.2 Å². The Bertz CT molecular complexity index is 602. The third kappa shape index (κ3) is 3.89. The molecule has 1 aliphatic heterocycles. The molecule has 0 bridgehead atoms. The molecule has 0 saturated heterocycles. The summed E-state index contributed by atoms with van der Waals surface area (Å²) >= 11 is 6.21. The predicted molar refractivity (Wildman–Crippen MR) is 86.8 cm³/mol. The van der Waals surface area contributed by atoms with Gasteiger partial charge in [-0.15, -0.1) is 0 Å². The summed E-state index contributed by atoms with van der Waals surface area (Å²) in [5, 5.41) is 23.3. The highest BCUT2D eigenvalue weighted by atomic mass is 35.5. The first-order chi connectivity index (χ1) is 11.2. The van der Waals surface area contributed by atoms with Crippen LogP contribution < -0.4 is 14.8 Å². The summed E-state index contributed by atoms with van der Waals surface area (Å²) in [6.45, 7) is 1.40. The summed E-state index contributed by atoms with van der Waals surface area (Å²) in [4.78, 5) is 0. The second kappa shape index (κ2) is 7.39. The van der Waals surface area contributed by atoms with E-state index in [2.05, 4.69) is 11.4 Å². The zero-order chi connectivity index (χ0) is 16.2. The van der Waals surface area contributed by atoms with Gasteiger partial charge >= 0.3 is 0 Å². The molecular formula is C17H21ClN2O3. The Hall–Kier alpha value is -1.48. The van der Waals surface area contributed by atoms with Crippen molar-refractivity contribution in [2.45, 2.75) is 37.8 Å². The number of ether oxygens (including phenoxy) is 2. The van der Waals surface area contributed by atoms with E-state index >= 15 is 0 Å². The smallest absolute Gasteiger partial charge is 0.179 e. The minimum absolute atomic E-state index is 0.127. The Balaban J connectivity index is 1.61. The normalized spacial score (nSPS) is 24.7. The molecule has 6 heteroatoms. The monoisotopic (exact) mass is 336 g/mol. The third-order valence-corrected chi connectivity index (χ3v) is 4.74. The van der Waals surface area contributed by atoms with Gasteiger partial charge in [-0.2, -0.15) is 5.26 Å². The first kappa shape index (κ1) is 16.4. The second-order valence-corrected chi connectivity index (χ2v) is 6.55. The lowest BCUT2D eigenvalue weighted by atomic mass is 9.86. The first-order valence-corrected chi connectivity index (χ1v) is 8.45. The molecule has 0 amide bonds. The molecule has 124 valence electrons. The quantitative estimate of drug-likeness (QED) is 0.884. The van der Waals surface area contributed by atoms with Crippen LogP contribution in [0, 0.1) is 17.2 Å². The molecule has 1 aromatic carbocycles. The van der Waals surface area contributed by atoms with Gasteiger partial charge in [0, 0.05) is 18.5 Å². The Morgan fingerprint density at radius 3 is 3.00 bits per heavy atom. The van der Waals surface area contributed by atoms with Crippen LogP contribution in [0.25, 0.3) is 0 Å². The summed E-state index contributed by atoms with van der Waals surface area (Å²) in [5.41, 5.74) is 0.708. The molecule has 0 unspecified atom stereocenters. The molecule has 3 atom stereocenters. The van der Waals surface area contributed by atoms with E-state index in [1.165, 1.54) is 0 Å². The molecular weight excluding hydrogens is 316 g/mol. The van der Waals surface area contributed by atoms with E-state index in [1.807, 2.05) is 0 Å². The molecule has 3 rings (SSSR count). The molecule has 1 aromatic rings. The van der Waals surface area contributed by atoms with Crippen LogP contribution >= 0.6 is 11.6 Å². The molecule has 1 aliphatic carbocycles.